The third-order valence-electron chi connectivity index (χ3n) is 0.927. The highest BCUT2D eigenvalue weighted by Crippen LogP contribution is 2.03. The Labute approximate surface area is 46.9 Å². The fourth-order valence-electron chi connectivity index (χ4n) is 0.500. The molecule has 0 bridgehead atoms. The molecule has 0 amide bonds. The smallest absolute Gasteiger partial charge is 0.0652 e. The van der Waals surface area contributed by atoms with Gasteiger partial charge < -0.3 is 6.42 Å². The molecular weight excluding hydrogens is 84.1 g/mol. The predicted molar refractivity (Wildman–Crippen MR) is 34.0 cm³/mol. The molecule has 7 heavy (non-hydrogen) atoms. The van der Waals surface area contributed by atoms with E-state index in [1.807, 2.05) is 0 Å². The van der Waals surface area contributed by atoms with Gasteiger partial charge in [0.15, 0.2) is 0 Å². The van der Waals surface area contributed by atoms with Crippen molar-refractivity contribution in [2.45, 2.75) is 33.6 Å². The first-order valence-electron chi connectivity index (χ1n) is 3.09. The van der Waals surface area contributed by atoms with Crippen LogP contribution in [0.5, 0.6) is 0 Å². The molecule has 0 aliphatic rings. The molecule has 0 radical (unpaired) electrons. The van der Waals surface area contributed by atoms with Crippen molar-refractivity contribution in [1.29, 1.82) is 0 Å². The van der Waals surface area contributed by atoms with Crippen LogP contribution in [0.2, 0.25) is 0 Å². The Hall–Kier alpha value is 0. The Morgan fingerprint density at radius 1 is 1.43 bits per heavy atom. The van der Waals surface area contributed by atoms with Crippen molar-refractivity contribution >= 4 is 0 Å². The van der Waals surface area contributed by atoms with Crippen LogP contribution in [0.3, 0.4) is 0 Å². The molecule has 0 N–H and O–H groups in total. The summed E-state index contributed by atoms with van der Waals surface area (Å²) in [6.45, 7) is 6.67. The molecule has 0 unspecified atom stereocenters. The highest BCUT2D eigenvalue weighted by molar-refractivity contribution is 4.62. The van der Waals surface area contributed by atoms with E-state index in [2.05, 4.69) is 27.2 Å². The van der Waals surface area contributed by atoms with E-state index in [9.17, 15) is 0 Å². The third-order valence-corrected chi connectivity index (χ3v) is 0.927. The van der Waals surface area contributed by atoms with Gasteiger partial charge >= 0.3 is 0 Å². The van der Waals surface area contributed by atoms with E-state index < -0.39 is 0 Å². The van der Waals surface area contributed by atoms with E-state index in [1.54, 1.807) is 0 Å². The van der Waals surface area contributed by atoms with Crippen molar-refractivity contribution in [3.63, 3.8) is 0 Å². The molecule has 0 aliphatic heterocycles. The van der Waals surface area contributed by atoms with Gasteiger partial charge in [-0.2, -0.15) is 12.8 Å². The lowest BCUT2D eigenvalue weighted by atomic mass is 10.1. The standard InChI is InChI=1S/C7H15/c1-4-5-6-7(2)3/h5,7H,4,6H2,1-3H3/q-1. The first-order valence-corrected chi connectivity index (χ1v) is 3.09. The Morgan fingerprint density at radius 2 is 2.00 bits per heavy atom. The molecule has 0 spiro atoms. The second-order valence-electron chi connectivity index (χ2n) is 2.33. The maximum atomic E-state index is 2.32. The van der Waals surface area contributed by atoms with Crippen LogP contribution < -0.4 is 0 Å². The third kappa shape index (κ3) is 6.00. The lowest BCUT2D eigenvalue weighted by Crippen LogP contribution is -1.84. The Morgan fingerprint density at radius 3 is 2.14 bits per heavy atom. The van der Waals surface area contributed by atoms with Crippen LogP contribution in [0.15, 0.2) is 0 Å². The molecule has 0 nitrogen and oxygen atoms in total. The quantitative estimate of drug-likeness (QED) is 0.477. The van der Waals surface area contributed by atoms with Gasteiger partial charge in [0, 0.05) is 0 Å². The van der Waals surface area contributed by atoms with Crippen molar-refractivity contribution in [3.8, 4) is 0 Å². The summed E-state index contributed by atoms with van der Waals surface area (Å²) in [5.74, 6) is 0.847. The molecule has 0 aliphatic carbocycles. The van der Waals surface area contributed by atoms with Crippen LogP contribution in [0.1, 0.15) is 33.6 Å². The Kier molecular flexibility index (Phi) is 4.17. The summed E-state index contributed by atoms with van der Waals surface area (Å²) in [5, 5.41) is 0. The number of rotatable bonds is 3. The summed E-state index contributed by atoms with van der Waals surface area (Å²) >= 11 is 0. The van der Waals surface area contributed by atoms with Gasteiger partial charge in [0.1, 0.15) is 0 Å². The van der Waals surface area contributed by atoms with Gasteiger partial charge in [0.25, 0.3) is 0 Å². The highest BCUT2D eigenvalue weighted by atomic mass is 13.9. The number of hydrogen-bond donors (Lipinski definition) is 0. The van der Waals surface area contributed by atoms with E-state index in [0.29, 0.717) is 0 Å². The van der Waals surface area contributed by atoms with Crippen molar-refractivity contribution in [1.82, 2.24) is 0 Å². The average molecular weight is 99.2 g/mol. The molecular formula is C7H15-. The van der Waals surface area contributed by atoms with Crippen LogP contribution in [0.25, 0.3) is 0 Å². The topological polar surface area (TPSA) is 0 Å². The fraction of sp³-hybridized carbons (Fsp3) is 0.857. The first kappa shape index (κ1) is 7.00. The van der Waals surface area contributed by atoms with Crippen molar-refractivity contribution in [2.24, 2.45) is 5.92 Å². The maximum absolute atomic E-state index is 2.32. The molecule has 0 heterocycles. The average Bonchev–Trinajstić information content (AvgIpc) is 1.61. The van der Waals surface area contributed by atoms with E-state index >= 15 is 0 Å². The predicted octanol–water partition coefficient (Wildman–Crippen LogP) is 2.65. The number of hydrogen-bond acceptors (Lipinski definition) is 0. The lowest BCUT2D eigenvalue weighted by molar-refractivity contribution is 0.626. The molecule has 0 aromatic carbocycles. The van der Waals surface area contributed by atoms with Gasteiger partial charge in [0.2, 0.25) is 0 Å². The zero-order valence-corrected chi connectivity index (χ0v) is 5.57. The Balaban J connectivity index is 2.68. The first-order chi connectivity index (χ1) is 3.27. The summed E-state index contributed by atoms with van der Waals surface area (Å²) in [6, 6.07) is 0. The summed E-state index contributed by atoms with van der Waals surface area (Å²) in [7, 11) is 0. The minimum absolute atomic E-state index is 0.847. The van der Waals surface area contributed by atoms with Crippen LogP contribution >= 0.6 is 0 Å². The number of unbranched alkanes of at least 4 members (excludes halogenated alkanes) is 1. The van der Waals surface area contributed by atoms with Gasteiger partial charge in [-0.3, -0.25) is 0 Å². The molecule has 44 valence electrons. The lowest BCUT2D eigenvalue weighted by Gasteiger charge is -2.09. The molecule has 0 aromatic heterocycles. The normalized spacial score (nSPS) is 10.3. The van der Waals surface area contributed by atoms with Crippen molar-refractivity contribution in [2.75, 3.05) is 0 Å². The molecule has 0 rings (SSSR count). The van der Waals surface area contributed by atoms with Crippen molar-refractivity contribution < 1.29 is 0 Å². The molecule has 0 saturated heterocycles. The summed E-state index contributed by atoms with van der Waals surface area (Å²) in [6.07, 6.45) is 4.82. The second-order valence-corrected chi connectivity index (χ2v) is 2.33. The SMILES string of the molecule is CC[CH-]CC(C)C. The molecule has 0 heteroatoms. The van der Waals surface area contributed by atoms with E-state index in [0.717, 1.165) is 5.92 Å². The minimum Gasteiger partial charge on any atom is -0.329 e. The van der Waals surface area contributed by atoms with Crippen LogP contribution in [0, 0.1) is 12.3 Å². The largest absolute Gasteiger partial charge is 0.329 e. The van der Waals surface area contributed by atoms with Gasteiger partial charge in [-0.25, -0.2) is 0 Å². The monoisotopic (exact) mass is 99.1 g/mol. The van der Waals surface area contributed by atoms with Crippen LogP contribution in [0.4, 0.5) is 0 Å². The zero-order chi connectivity index (χ0) is 5.70. The van der Waals surface area contributed by atoms with E-state index in [4.69, 9.17) is 0 Å². The van der Waals surface area contributed by atoms with Crippen LogP contribution in [-0.2, 0) is 0 Å². The van der Waals surface area contributed by atoms with Gasteiger partial charge in [0.05, 0.1) is 0 Å². The summed E-state index contributed by atoms with van der Waals surface area (Å²) in [4.78, 5) is 0. The Bertz CT molecular complexity index is 29.0. The second kappa shape index (κ2) is 4.17. The fourth-order valence-corrected chi connectivity index (χ4v) is 0.500. The summed E-state index contributed by atoms with van der Waals surface area (Å²) in [5.41, 5.74) is 0. The van der Waals surface area contributed by atoms with Crippen molar-refractivity contribution in [3.05, 3.63) is 6.42 Å². The molecule has 0 atom stereocenters. The maximum Gasteiger partial charge on any atom is -0.0652 e. The van der Waals surface area contributed by atoms with Crippen LogP contribution in [-0.4, -0.2) is 0 Å². The highest BCUT2D eigenvalue weighted by Gasteiger charge is 1.79. The van der Waals surface area contributed by atoms with Gasteiger partial charge in [-0.1, -0.05) is 26.7 Å². The van der Waals surface area contributed by atoms with Gasteiger partial charge in [-0.15, -0.1) is 0 Å². The van der Waals surface area contributed by atoms with Gasteiger partial charge in [-0.05, 0) is 0 Å². The van der Waals surface area contributed by atoms with E-state index in [-0.39, 0.29) is 0 Å². The molecule has 0 aromatic rings. The molecule has 0 fully saturated rings. The minimum atomic E-state index is 0.847. The van der Waals surface area contributed by atoms with E-state index in [1.165, 1.54) is 12.8 Å². The summed E-state index contributed by atoms with van der Waals surface area (Å²) < 4.78 is 0. The zero-order valence-electron chi connectivity index (χ0n) is 5.57. The molecule has 0 saturated carbocycles.